The molecular weight excluding hydrogens is 297 g/mol. The molecule has 1 aromatic rings. The Morgan fingerprint density at radius 1 is 1.45 bits per heavy atom. The number of halogens is 3. The fourth-order valence-corrected chi connectivity index (χ4v) is 2.91. The van der Waals surface area contributed by atoms with Crippen LogP contribution in [0.15, 0.2) is 6.20 Å². The van der Waals surface area contributed by atoms with Gasteiger partial charge >= 0.3 is 6.18 Å². The van der Waals surface area contributed by atoms with Gasteiger partial charge in [-0.15, -0.1) is 0 Å². The van der Waals surface area contributed by atoms with Crippen LogP contribution in [0.1, 0.15) is 31.0 Å². The van der Waals surface area contributed by atoms with Crippen LogP contribution in [0.2, 0.25) is 0 Å². The Bertz CT molecular complexity index is 541. The number of piperidine rings is 1. The molecule has 2 rings (SSSR count). The van der Waals surface area contributed by atoms with E-state index in [9.17, 15) is 18.0 Å². The number of hydrogen-bond acceptors (Lipinski definition) is 3. The highest BCUT2D eigenvalue weighted by Crippen LogP contribution is 2.33. The number of amides is 1. The Hall–Kier alpha value is -1.57. The largest absolute Gasteiger partial charge is 0.404 e. The number of rotatable bonds is 3. The Balaban J connectivity index is 2.16. The van der Waals surface area contributed by atoms with Crippen LogP contribution in [-0.2, 0) is 18.4 Å². The van der Waals surface area contributed by atoms with Gasteiger partial charge in [-0.1, -0.05) is 0 Å². The van der Waals surface area contributed by atoms with E-state index in [0.717, 1.165) is 11.3 Å². The molecule has 1 saturated heterocycles. The quantitative estimate of drug-likeness (QED) is 0.924. The molecule has 0 saturated carbocycles. The Morgan fingerprint density at radius 3 is 2.64 bits per heavy atom. The molecule has 2 atom stereocenters. The summed E-state index contributed by atoms with van der Waals surface area (Å²) in [7, 11) is 1.76. The van der Waals surface area contributed by atoms with Gasteiger partial charge < -0.3 is 5.32 Å². The fourth-order valence-electron chi connectivity index (χ4n) is 2.91. The Morgan fingerprint density at radius 2 is 2.14 bits per heavy atom. The summed E-state index contributed by atoms with van der Waals surface area (Å²) in [6.45, 7) is 3.59. The third-order valence-corrected chi connectivity index (χ3v) is 4.18. The van der Waals surface area contributed by atoms with Crippen LogP contribution in [0.3, 0.4) is 0 Å². The van der Waals surface area contributed by atoms with Gasteiger partial charge in [-0.2, -0.15) is 18.3 Å². The van der Waals surface area contributed by atoms with Crippen LogP contribution < -0.4 is 5.32 Å². The van der Waals surface area contributed by atoms with Crippen LogP contribution in [-0.4, -0.2) is 45.4 Å². The van der Waals surface area contributed by atoms with Crippen molar-refractivity contribution in [3.05, 3.63) is 17.5 Å². The summed E-state index contributed by atoms with van der Waals surface area (Å²) in [5.41, 5.74) is 1.63. The van der Waals surface area contributed by atoms with Gasteiger partial charge in [-0.25, -0.2) is 0 Å². The number of hydrogen-bond donors (Lipinski definition) is 1. The predicted octanol–water partition coefficient (Wildman–Crippen LogP) is 1.76. The molecule has 124 valence electrons. The first-order chi connectivity index (χ1) is 10.2. The molecule has 0 aliphatic carbocycles. The summed E-state index contributed by atoms with van der Waals surface area (Å²) in [5, 5.41) is 6.80. The first-order valence-electron chi connectivity index (χ1n) is 7.24. The van der Waals surface area contributed by atoms with Crippen molar-refractivity contribution in [3.63, 3.8) is 0 Å². The Kier molecular flexibility index (Phi) is 4.79. The summed E-state index contributed by atoms with van der Waals surface area (Å²) in [6, 6.07) is -1.72. The second-order valence-electron chi connectivity index (χ2n) is 5.84. The van der Waals surface area contributed by atoms with Crippen LogP contribution in [0.4, 0.5) is 13.2 Å². The van der Waals surface area contributed by atoms with Gasteiger partial charge in [0.05, 0.1) is 6.20 Å². The van der Waals surface area contributed by atoms with E-state index in [0.29, 0.717) is 6.42 Å². The number of carbonyl (C=O) groups excluding carboxylic acids is 1. The molecule has 0 bridgehead atoms. The highest BCUT2D eigenvalue weighted by molar-refractivity contribution is 5.73. The van der Waals surface area contributed by atoms with Crippen molar-refractivity contribution in [2.45, 2.75) is 51.5 Å². The number of alkyl halides is 3. The number of carbonyl (C=O) groups is 1. The van der Waals surface area contributed by atoms with Gasteiger partial charge in [0.1, 0.15) is 6.04 Å². The van der Waals surface area contributed by atoms with E-state index in [-0.39, 0.29) is 31.5 Å². The zero-order valence-electron chi connectivity index (χ0n) is 12.9. The minimum absolute atomic E-state index is 0.00619. The summed E-state index contributed by atoms with van der Waals surface area (Å²) < 4.78 is 41.4. The lowest BCUT2D eigenvalue weighted by atomic mass is 9.97. The van der Waals surface area contributed by atoms with Gasteiger partial charge in [-0.05, 0) is 19.8 Å². The zero-order chi connectivity index (χ0) is 16.5. The smallest absolute Gasteiger partial charge is 0.352 e. The molecule has 1 N–H and O–H groups in total. The van der Waals surface area contributed by atoms with Crippen molar-refractivity contribution in [1.29, 1.82) is 0 Å². The molecule has 2 unspecified atom stereocenters. The van der Waals surface area contributed by atoms with Crippen molar-refractivity contribution >= 4 is 5.91 Å². The van der Waals surface area contributed by atoms with E-state index in [1.807, 2.05) is 6.92 Å². The fraction of sp³-hybridized carbons (Fsp3) is 0.714. The van der Waals surface area contributed by atoms with Crippen LogP contribution in [0, 0.1) is 6.92 Å². The number of nitrogens with one attached hydrogen (secondary N) is 1. The molecule has 0 spiro atoms. The number of likely N-dealkylation sites (tertiary alicyclic amines) is 1. The third-order valence-electron chi connectivity index (χ3n) is 4.18. The topological polar surface area (TPSA) is 50.2 Å². The molecule has 0 aromatic carbocycles. The normalized spacial score (nSPS) is 23.5. The van der Waals surface area contributed by atoms with E-state index >= 15 is 0 Å². The maximum Gasteiger partial charge on any atom is 0.404 e. The highest BCUT2D eigenvalue weighted by atomic mass is 19.4. The average Bonchev–Trinajstić information content (AvgIpc) is 2.69. The minimum Gasteiger partial charge on any atom is -0.352 e. The molecule has 1 aliphatic heterocycles. The van der Waals surface area contributed by atoms with E-state index < -0.39 is 12.2 Å². The monoisotopic (exact) mass is 318 g/mol. The lowest BCUT2D eigenvalue weighted by Gasteiger charge is -2.40. The van der Waals surface area contributed by atoms with Crippen molar-refractivity contribution in [2.24, 2.45) is 7.05 Å². The first kappa shape index (κ1) is 16.8. The standard InChI is InChI=1S/C14H21F3N4O/c1-9-11(6-18-20(9)3)7-21-8-12(19-10(2)22)4-5-13(21)14(15,16)17/h6,12-13H,4-5,7-8H2,1-3H3,(H,19,22). The molecule has 1 aliphatic rings. The highest BCUT2D eigenvalue weighted by Gasteiger charge is 2.46. The number of aryl methyl sites for hydroxylation is 1. The second-order valence-corrected chi connectivity index (χ2v) is 5.84. The molecule has 1 aromatic heterocycles. The summed E-state index contributed by atoms with van der Waals surface area (Å²) in [4.78, 5) is 12.5. The second kappa shape index (κ2) is 6.28. The van der Waals surface area contributed by atoms with Gasteiger partial charge in [0, 0.05) is 44.4 Å². The van der Waals surface area contributed by atoms with E-state index in [2.05, 4.69) is 10.4 Å². The van der Waals surface area contributed by atoms with Crippen LogP contribution in [0.5, 0.6) is 0 Å². The maximum absolute atomic E-state index is 13.2. The molecule has 8 heteroatoms. The van der Waals surface area contributed by atoms with Crippen LogP contribution >= 0.6 is 0 Å². The molecule has 22 heavy (non-hydrogen) atoms. The van der Waals surface area contributed by atoms with Crippen molar-refractivity contribution in [2.75, 3.05) is 6.54 Å². The van der Waals surface area contributed by atoms with Gasteiger partial charge in [0.15, 0.2) is 0 Å². The Labute approximate surface area is 127 Å². The molecule has 1 fully saturated rings. The average molecular weight is 318 g/mol. The summed E-state index contributed by atoms with van der Waals surface area (Å²) in [5.74, 6) is -0.215. The van der Waals surface area contributed by atoms with E-state index in [1.165, 1.54) is 11.8 Å². The molecule has 1 amide bonds. The maximum atomic E-state index is 13.2. The van der Waals surface area contributed by atoms with Gasteiger partial charge in [0.25, 0.3) is 0 Å². The molecule has 0 radical (unpaired) electrons. The molecule has 5 nitrogen and oxygen atoms in total. The van der Waals surface area contributed by atoms with Gasteiger partial charge in [0.2, 0.25) is 5.91 Å². The van der Waals surface area contributed by atoms with Crippen LogP contribution in [0.25, 0.3) is 0 Å². The first-order valence-corrected chi connectivity index (χ1v) is 7.24. The molecular formula is C14H21F3N4O. The SMILES string of the molecule is CC(=O)NC1CCC(C(F)(F)F)N(Cc2cnn(C)c2C)C1. The van der Waals surface area contributed by atoms with E-state index in [4.69, 9.17) is 0 Å². The van der Waals surface area contributed by atoms with Crippen molar-refractivity contribution < 1.29 is 18.0 Å². The van der Waals surface area contributed by atoms with Crippen molar-refractivity contribution in [3.8, 4) is 0 Å². The third kappa shape index (κ3) is 3.79. The van der Waals surface area contributed by atoms with E-state index in [1.54, 1.807) is 17.9 Å². The predicted molar refractivity (Wildman–Crippen MR) is 75.0 cm³/mol. The zero-order valence-corrected chi connectivity index (χ0v) is 12.9. The summed E-state index contributed by atoms with van der Waals surface area (Å²) in [6.07, 6.45) is -2.33. The van der Waals surface area contributed by atoms with Gasteiger partial charge in [-0.3, -0.25) is 14.4 Å². The minimum atomic E-state index is -4.27. The number of aromatic nitrogens is 2. The summed E-state index contributed by atoms with van der Waals surface area (Å²) >= 11 is 0. The van der Waals surface area contributed by atoms with Crippen molar-refractivity contribution in [1.82, 2.24) is 20.0 Å². The number of nitrogens with zero attached hydrogens (tertiary/aromatic N) is 3. The lowest BCUT2D eigenvalue weighted by molar-refractivity contribution is -0.194. The lowest BCUT2D eigenvalue weighted by Crippen LogP contribution is -2.55. The molecule has 2 heterocycles.